The van der Waals surface area contributed by atoms with E-state index in [9.17, 15) is 0 Å². The minimum absolute atomic E-state index is 0.900. The zero-order valence-corrected chi connectivity index (χ0v) is 14.0. The van der Waals surface area contributed by atoms with Crippen molar-refractivity contribution in [3.63, 3.8) is 0 Å². The van der Waals surface area contributed by atoms with Gasteiger partial charge in [0.2, 0.25) is 0 Å². The Kier molecular flexibility index (Phi) is 8.01. The lowest BCUT2D eigenvalue weighted by Gasteiger charge is -2.50. The Bertz CT molecular complexity index is 214. The van der Waals surface area contributed by atoms with Gasteiger partial charge in [-0.05, 0) is 26.3 Å². The fraction of sp³-hybridized carbons (Fsp3) is 1.00. The molecule has 2 nitrogen and oxygen atoms in total. The van der Waals surface area contributed by atoms with Crippen molar-refractivity contribution < 1.29 is 4.48 Å². The van der Waals surface area contributed by atoms with Crippen LogP contribution >= 0.6 is 0 Å². The maximum absolute atomic E-state index is 2.56. The van der Waals surface area contributed by atoms with Gasteiger partial charge >= 0.3 is 0 Å². The molecular weight excluding hydrogens is 232 g/mol. The Balaban J connectivity index is 2.73. The average molecular weight is 269 g/mol. The second kappa shape index (κ2) is 8.97. The van der Waals surface area contributed by atoms with E-state index in [1.165, 1.54) is 82.2 Å². The van der Waals surface area contributed by atoms with Gasteiger partial charge in [-0.1, -0.05) is 40.0 Å². The Morgan fingerprint density at radius 3 is 2.05 bits per heavy atom. The van der Waals surface area contributed by atoms with Crippen LogP contribution in [0.25, 0.3) is 0 Å². The van der Waals surface area contributed by atoms with Crippen molar-refractivity contribution in [1.29, 1.82) is 0 Å². The van der Waals surface area contributed by atoms with Gasteiger partial charge in [0.15, 0.2) is 0 Å². The molecule has 0 aromatic rings. The lowest BCUT2D eigenvalue weighted by atomic mass is 9.99. The van der Waals surface area contributed by atoms with E-state index >= 15 is 0 Å². The summed E-state index contributed by atoms with van der Waals surface area (Å²) in [5.74, 6) is 0. The molecule has 114 valence electrons. The average Bonchev–Trinajstić information content (AvgIpc) is 2.43. The van der Waals surface area contributed by atoms with Crippen LogP contribution in [0.5, 0.6) is 0 Å². The zero-order valence-electron chi connectivity index (χ0n) is 14.0. The molecule has 0 saturated carbocycles. The first-order valence-electron chi connectivity index (χ1n) is 8.72. The SMILES string of the molecule is CCCCC1CN(C)CC[N+]1(CCCC)CCCC. The first-order chi connectivity index (χ1) is 9.18. The standard InChI is InChI=1S/C17H37N2/c1-5-8-11-17-16-18(4)12-15-19(17,13-9-6-2)14-10-7-3/h17H,5-16H2,1-4H3/q+1. The molecule has 0 aliphatic carbocycles. The Labute approximate surface area is 121 Å². The maximum Gasteiger partial charge on any atom is 0.102 e. The van der Waals surface area contributed by atoms with Crippen LogP contribution in [0.2, 0.25) is 0 Å². The van der Waals surface area contributed by atoms with Gasteiger partial charge < -0.3 is 4.48 Å². The van der Waals surface area contributed by atoms with Gasteiger partial charge in [0, 0.05) is 13.0 Å². The molecule has 0 spiro atoms. The van der Waals surface area contributed by atoms with Gasteiger partial charge in [0.05, 0.1) is 26.2 Å². The summed E-state index contributed by atoms with van der Waals surface area (Å²) in [7, 11) is 2.31. The van der Waals surface area contributed by atoms with Crippen LogP contribution in [0.3, 0.4) is 0 Å². The van der Waals surface area contributed by atoms with Crippen LogP contribution in [-0.4, -0.2) is 55.2 Å². The van der Waals surface area contributed by atoms with E-state index in [1.807, 2.05) is 0 Å². The number of quaternary nitrogens is 1. The normalized spacial score (nSPS) is 23.7. The van der Waals surface area contributed by atoms with Crippen LogP contribution < -0.4 is 0 Å². The third-order valence-corrected chi connectivity index (χ3v) is 5.03. The summed E-state index contributed by atoms with van der Waals surface area (Å²) in [6.07, 6.45) is 9.73. The van der Waals surface area contributed by atoms with Crippen molar-refractivity contribution in [2.75, 3.05) is 39.8 Å². The lowest BCUT2D eigenvalue weighted by molar-refractivity contribution is -0.956. The minimum Gasteiger partial charge on any atom is -0.319 e. The fourth-order valence-corrected chi connectivity index (χ4v) is 3.63. The molecule has 2 heteroatoms. The van der Waals surface area contributed by atoms with Gasteiger partial charge in [0.25, 0.3) is 0 Å². The zero-order chi connectivity index (χ0) is 14.1. The number of likely N-dealkylation sites (N-methyl/N-ethyl adjacent to an activating group) is 1. The van der Waals surface area contributed by atoms with E-state index in [2.05, 4.69) is 32.7 Å². The predicted molar refractivity (Wildman–Crippen MR) is 85.5 cm³/mol. The summed E-state index contributed by atoms with van der Waals surface area (Å²) in [6, 6.07) is 0.900. The fourth-order valence-electron chi connectivity index (χ4n) is 3.63. The van der Waals surface area contributed by atoms with Crippen molar-refractivity contribution in [2.45, 2.75) is 71.8 Å². The molecule has 1 aliphatic heterocycles. The lowest BCUT2D eigenvalue weighted by Crippen LogP contribution is -2.65. The molecule has 1 heterocycles. The van der Waals surface area contributed by atoms with Gasteiger partial charge in [-0.3, -0.25) is 4.90 Å². The molecule has 0 radical (unpaired) electrons. The van der Waals surface area contributed by atoms with Crippen molar-refractivity contribution in [3.05, 3.63) is 0 Å². The molecule has 1 fully saturated rings. The molecule has 19 heavy (non-hydrogen) atoms. The number of hydrogen-bond acceptors (Lipinski definition) is 1. The smallest absolute Gasteiger partial charge is 0.102 e. The molecular formula is C17H37N2+. The van der Waals surface area contributed by atoms with Crippen LogP contribution in [0, 0.1) is 0 Å². The van der Waals surface area contributed by atoms with E-state index in [1.54, 1.807) is 0 Å². The van der Waals surface area contributed by atoms with E-state index in [-0.39, 0.29) is 0 Å². The summed E-state index contributed by atoms with van der Waals surface area (Å²) in [5, 5.41) is 0. The molecule has 1 rings (SSSR count). The first kappa shape index (κ1) is 17.0. The number of nitrogens with zero attached hydrogens (tertiary/aromatic N) is 2. The monoisotopic (exact) mass is 269 g/mol. The number of unbranched alkanes of at least 4 members (excludes halogenated alkanes) is 3. The summed E-state index contributed by atoms with van der Waals surface area (Å²) in [4.78, 5) is 2.56. The number of rotatable bonds is 9. The third kappa shape index (κ3) is 5.07. The highest BCUT2D eigenvalue weighted by Gasteiger charge is 2.39. The Hall–Kier alpha value is -0.0800. The van der Waals surface area contributed by atoms with Crippen LogP contribution in [0.4, 0.5) is 0 Å². The first-order valence-corrected chi connectivity index (χ1v) is 8.72. The topological polar surface area (TPSA) is 3.24 Å². The van der Waals surface area contributed by atoms with Gasteiger partial charge in [0.1, 0.15) is 6.04 Å². The molecule has 0 aromatic heterocycles. The molecule has 0 amide bonds. The van der Waals surface area contributed by atoms with Crippen LogP contribution in [0.15, 0.2) is 0 Å². The van der Waals surface area contributed by atoms with E-state index in [4.69, 9.17) is 0 Å². The van der Waals surface area contributed by atoms with Crippen molar-refractivity contribution in [3.8, 4) is 0 Å². The van der Waals surface area contributed by atoms with Gasteiger partial charge in [-0.15, -0.1) is 0 Å². The molecule has 1 unspecified atom stereocenters. The molecule has 1 atom stereocenters. The van der Waals surface area contributed by atoms with Gasteiger partial charge in [-0.2, -0.15) is 0 Å². The second-order valence-corrected chi connectivity index (χ2v) is 6.65. The Morgan fingerprint density at radius 1 is 0.947 bits per heavy atom. The quantitative estimate of drug-likeness (QED) is 0.574. The van der Waals surface area contributed by atoms with Crippen LogP contribution in [0.1, 0.15) is 65.7 Å². The number of piperazine rings is 1. The molecule has 0 bridgehead atoms. The molecule has 1 saturated heterocycles. The highest BCUT2D eigenvalue weighted by Crippen LogP contribution is 2.26. The van der Waals surface area contributed by atoms with Gasteiger partial charge in [-0.25, -0.2) is 0 Å². The summed E-state index contributed by atoms with van der Waals surface area (Å²) >= 11 is 0. The molecule has 0 aromatic carbocycles. The van der Waals surface area contributed by atoms with E-state index < -0.39 is 0 Å². The van der Waals surface area contributed by atoms with E-state index in [0.717, 1.165) is 6.04 Å². The highest BCUT2D eigenvalue weighted by atomic mass is 15.4. The summed E-state index contributed by atoms with van der Waals surface area (Å²) in [5.41, 5.74) is 0. The summed E-state index contributed by atoms with van der Waals surface area (Å²) < 4.78 is 1.44. The predicted octanol–water partition coefficient (Wildman–Crippen LogP) is 3.91. The largest absolute Gasteiger partial charge is 0.319 e. The van der Waals surface area contributed by atoms with Crippen LogP contribution in [-0.2, 0) is 0 Å². The molecule has 1 aliphatic rings. The second-order valence-electron chi connectivity index (χ2n) is 6.65. The summed E-state index contributed by atoms with van der Waals surface area (Å²) in [6.45, 7) is 13.9. The number of hydrogen-bond donors (Lipinski definition) is 0. The van der Waals surface area contributed by atoms with E-state index in [0.29, 0.717) is 0 Å². The molecule has 0 N–H and O–H groups in total. The van der Waals surface area contributed by atoms with Crippen molar-refractivity contribution in [2.24, 2.45) is 0 Å². The minimum atomic E-state index is 0.900. The Morgan fingerprint density at radius 2 is 1.53 bits per heavy atom. The highest BCUT2D eigenvalue weighted by molar-refractivity contribution is 4.72. The third-order valence-electron chi connectivity index (χ3n) is 5.03. The maximum atomic E-state index is 2.56. The van der Waals surface area contributed by atoms with Crippen molar-refractivity contribution >= 4 is 0 Å². The van der Waals surface area contributed by atoms with Crippen molar-refractivity contribution in [1.82, 2.24) is 4.90 Å².